The van der Waals surface area contributed by atoms with E-state index < -0.39 is 23.0 Å². The Hall–Kier alpha value is -3.35. The van der Waals surface area contributed by atoms with Gasteiger partial charge in [0.2, 0.25) is 11.8 Å². The number of carbonyl (C=O) groups excluding carboxylic acids is 3. The molecule has 13 heteroatoms. The van der Waals surface area contributed by atoms with Crippen molar-refractivity contribution in [2.24, 2.45) is 10.7 Å². The van der Waals surface area contributed by atoms with E-state index in [0.717, 1.165) is 5.56 Å². The van der Waals surface area contributed by atoms with Gasteiger partial charge in [-0.2, -0.15) is 0 Å². The highest BCUT2D eigenvalue weighted by molar-refractivity contribution is 8.00. The van der Waals surface area contributed by atoms with Crippen LogP contribution in [0.25, 0.3) is 0 Å². The van der Waals surface area contributed by atoms with Gasteiger partial charge >= 0.3 is 5.97 Å². The summed E-state index contributed by atoms with van der Waals surface area (Å²) in [5, 5.41) is 11.9. The summed E-state index contributed by atoms with van der Waals surface area (Å²) in [5.74, 6) is -1.06. The van der Waals surface area contributed by atoms with Crippen molar-refractivity contribution in [3.63, 3.8) is 0 Å². The van der Waals surface area contributed by atoms with Gasteiger partial charge in [-0.15, -0.1) is 11.8 Å². The molecule has 1 fully saturated rings. The highest BCUT2D eigenvalue weighted by atomic mass is 32.2. The second-order valence-electron chi connectivity index (χ2n) is 6.83. The molecule has 0 radical (unpaired) electrons. The van der Waals surface area contributed by atoms with Gasteiger partial charge in [-0.3, -0.25) is 9.59 Å². The lowest BCUT2D eigenvalue weighted by molar-refractivity contribution is -0.525. The third-order valence-electron chi connectivity index (χ3n) is 4.59. The Morgan fingerprint density at radius 2 is 2.12 bits per heavy atom. The van der Waals surface area contributed by atoms with E-state index in [-0.39, 0.29) is 43.2 Å². The fraction of sp³-hybridized carbons (Fsp3) is 0.474. The number of hydrazine groups is 1. The monoisotopic (exact) mass is 466 g/mol. The number of hydrogen-bond acceptors (Lipinski definition) is 8. The summed E-state index contributed by atoms with van der Waals surface area (Å²) in [4.78, 5) is 52.4. The van der Waals surface area contributed by atoms with E-state index in [4.69, 9.17) is 10.5 Å². The standard InChI is InChI=1S/C19H26N6O6S/c1-31-18(28)14(8-5-10-21-19(20)23-25(29)30)22-15(26)9-11-24-16(27)12-32-17(24)13-6-3-2-4-7-13/h2-4,6-7,14,17H,5,8-12H2,1H3,(H,22,26)(H3,20,21,23)/t14-,17?/m0/s1. The molecule has 1 aromatic rings. The SMILES string of the molecule is COC(=O)[C@H](CCCN=C(N)N[N+](=O)[O-])NC(=O)CCN1C(=O)CSC1c1ccccc1. The lowest BCUT2D eigenvalue weighted by Gasteiger charge is -2.24. The van der Waals surface area contributed by atoms with Crippen LogP contribution in [0.1, 0.15) is 30.2 Å². The molecular weight excluding hydrogens is 440 g/mol. The number of esters is 1. The third kappa shape index (κ3) is 7.72. The molecule has 12 nitrogen and oxygen atoms in total. The summed E-state index contributed by atoms with van der Waals surface area (Å²) in [6.07, 6.45) is 0.567. The number of carbonyl (C=O) groups is 3. The lowest BCUT2D eigenvalue weighted by atomic mass is 10.1. The molecule has 1 saturated heterocycles. The maximum atomic E-state index is 12.4. The van der Waals surface area contributed by atoms with Crippen LogP contribution in [-0.2, 0) is 19.1 Å². The van der Waals surface area contributed by atoms with E-state index >= 15 is 0 Å². The minimum absolute atomic E-state index is 0.0288. The van der Waals surface area contributed by atoms with Crippen molar-refractivity contribution in [2.45, 2.75) is 30.7 Å². The zero-order valence-corrected chi connectivity index (χ0v) is 18.4. The maximum absolute atomic E-state index is 12.4. The van der Waals surface area contributed by atoms with Crippen LogP contribution in [0.2, 0.25) is 0 Å². The molecule has 0 aromatic heterocycles. The summed E-state index contributed by atoms with van der Waals surface area (Å²) in [6.45, 7) is 0.340. The topological polar surface area (TPSA) is 169 Å². The van der Waals surface area contributed by atoms with Crippen LogP contribution in [-0.4, -0.2) is 65.7 Å². The van der Waals surface area contributed by atoms with Gasteiger partial charge < -0.3 is 20.7 Å². The van der Waals surface area contributed by atoms with Crippen molar-refractivity contribution in [3.8, 4) is 0 Å². The van der Waals surface area contributed by atoms with Gasteiger partial charge in [0.15, 0.2) is 5.03 Å². The Kier molecular flexibility index (Phi) is 9.73. The molecule has 0 saturated carbocycles. The summed E-state index contributed by atoms with van der Waals surface area (Å²) in [5.41, 5.74) is 8.03. The van der Waals surface area contributed by atoms with Gasteiger partial charge in [0.05, 0.1) is 12.9 Å². The smallest absolute Gasteiger partial charge is 0.328 e. The van der Waals surface area contributed by atoms with Crippen molar-refractivity contribution in [1.82, 2.24) is 15.6 Å². The third-order valence-corrected chi connectivity index (χ3v) is 5.85. The number of benzene rings is 1. The molecule has 0 spiro atoms. The van der Waals surface area contributed by atoms with Crippen LogP contribution in [0.4, 0.5) is 0 Å². The number of methoxy groups -OCH3 is 1. The van der Waals surface area contributed by atoms with E-state index in [1.807, 2.05) is 30.3 Å². The molecule has 2 atom stereocenters. The number of guanidine groups is 1. The van der Waals surface area contributed by atoms with Crippen molar-refractivity contribution in [3.05, 3.63) is 46.0 Å². The van der Waals surface area contributed by atoms with Gasteiger partial charge in [0, 0.05) is 19.5 Å². The van der Waals surface area contributed by atoms with Crippen LogP contribution < -0.4 is 16.5 Å². The first-order valence-electron chi connectivity index (χ1n) is 9.86. The fourth-order valence-corrected chi connectivity index (χ4v) is 4.31. The number of amides is 2. The summed E-state index contributed by atoms with van der Waals surface area (Å²) >= 11 is 1.51. The molecule has 0 aliphatic carbocycles. The summed E-state index contributed by atoms with van der Waals surface area (Å²) < 4.78 is 4.73. The Morgan fingerprint density at radius 3 is 2.78 bits per heavy atom. The largest absolute Gasteiger partial charge is 0.467 e. The first kappa shape index (κ1) is 24.9. The van der Waals surface area contributed by atoms with Gasteiger partial charge in [-0.25, -0.2) is 19.9 Å². The molecule has 2 amide bonds. The minimum atomic E-state index is -0.902. The average Bonchev–Trinajstić information content (AvgIpc) is 3.14. The van der Waals surface area contributed by atoms with Crippen LogP contribution in [0.15, 0.2) is 35.3 Å². The van der Waals surface area contributed by atoms with Gasteiger partial charge in [-0.1, -0.05) is 35.8 Å². The second kappa shape index (κ2) is 12.5. The molecule has 1 aliphatic rings. The maximum Gasteiger partial charge on any atom is 0.328 e. The number of ether oxygens (including phenoxy) is 1. The Balaban J connectivity index is 1.86. The van der Waals surface area contributed by atoms with Crippen LogP contribution in [0.5, 0.6) is 0 Å². The number of rotatable bonds is 11. The molecule has 174 valence electrons. The van der Waals surface area contributed by atoms with E-state index in [9.17, 15) is 24.5 Å². The molecule has 1 unspecified atom stereocenters. The van der Waals surface area contributed by atoms with E-state index in [1.54, 1.807) is 10.3 Å². The normalized spacial score (nSPS) is 17.0. The highest BCUT2D eigenvalue weighted by Crippen LogP contribution is 2.38. The van der Waals surface area contributed by atoms with Crippen molar-refractivity contribution < 1.29 is 24.2 Å². The number of aliphatic imine (C=N–C) groups is 1. The van der Waals surface area contributed by atoms with Crippen molar-refractivity contribution >= 4 is 35.5 Å². The van der Waals surface area contributed by atoms with Crippen molar-refractivity contribution in [2.75, 3.05) is 26.0 Å². The summed E-state index contributed by atoms with van der Waals surface area (Å²) in [7, 11) is 1.21. The quantitative estimate of drug-likeness (QED) is 0.103. The molecule has 32 heavy (non-hydrogen) atoms. The van der Waals surface area contributed by atoms with Gasteiger partial charge in [-0.05, 0) is 18.4 Å². The number of nitrogens with two attached hydrogens (primary N) is 1. The zero-order chi connectivity index (χ0) is 23.5. The molecule has 1 aliphatic heterocycles. The number of nitrogens with zero attached hydrogens (tertiary/aromatic N) is 3. The Bertz CT molecular complexity index is 852. The Morgan fingerprint density at radius 1 is 1.41 bits per heavy atom. The average molecular weight is 467 g/mol. The summed E-state index contributed by atoms with van der Waals surface area (Å²) in [6, 6.07) is 8.67. The Labute approximate surface area is 189 Å². The number of hydrogen-bond donors (Lipinski definition) is 3. The van der Waals surface area contributed by atoms with Crippen LogP contribution in [0.3, 0.4) is 0 Å². The fourth-order valence-electron chi connectivity index (χ4n) is 3.09. The van der Waals surface area contributed by atoms with Crippen LogP contribution >= 0.6 is 11.8 Å². The highest BCUT2D eigenvalue weighted by Gasteiger charge is 2.33. The molecular formula is C19H26N6O6S. The van der Waals surface area contributed by atoms with E-state index in [2.05, 4.69) is 10.3 Å². The number of nitrogens with one attached hydrogen (secondary N) is 2. The number of thioether (sulfide) groups is 1. The van der Waals surface area contributed by atoms with Gasteiger partial charge in [0.25, 0.3) is 5.96 Å². The predicted molar refractivity (Wildman–Crippen MR) is 118 cm³/mol. The molecule has 1 aromatic carbocycles. The lowest BCUT2D eigenvalue weighted by Crippen LogP contribution is -2.43. The zero-order valence-electron chi connectivity index (χ0n) is 17.6. The van der Waals surface area contributed by atoms with Crippen LogP contribution in [0, 0.1) is 10.1 Å². The second-order valence-corrected chi connectivity index (χ2v) is 7.90. The molecule has 2 rings (SSSR count). The molecule has 4 N–H and O–H groups in total. The minimum Gasteiger partial charge on any atom is -0.467 e. The molecule has 1 heterocycles. The van der Waals surface area contributed by atoms with E-state index in [0.29, 0.717) is 12.2 Å². The number of nitro groups is 1. The van der Waals surface area contributed by atoms with Gasteiger partial charge in [0.1, 0.15) is 11.4 Å². The predicted octanol–water partition coefficient (Wildman–Crippen LogP) is 0.185. The molecule has 0 bridgehead atoms. The van der Waals surface area contributed by atoms with E-state index in [1.165, 1.54) is 18.9 Å². The first-order valence-corrected chi connectivity index (χ1v) is 10.9. The first-order chi connectivity index (χ1) is 15.3. The van der Waals surface area contributed by atoms with Crippen molar-refractivity contribution in [1.29, 1.82) is 0 Å².